The molecule has 1 amide bonds. The zero-order valence-corrected chi connectivity index (χ0v) is 17.3. The van der Waals surface area contributed by atoms with Gasteiger partial charge < -0.3 is 9.84 Å². The van der Waals surface area contributed by atoms with E-state index < -0.39 is 23.2 Å². The number of aliphatic carboxylic acids is 1. The Labute approximate surface area is 157 Å². The van der Waals surface area contributed by atoms with Gasteiger partial charge in [0.05, 0.1) is 0 Å². The fourth-order valence-corrected chi connectivity index (χ4v) is 3.02. The van der Waals surface area contributed by atoms with E-state index in [1.165, 1.54) is 4.90 Å². The zero-order chi connectivity index (χ0) is 20.3. The molecule has 0 saturated heterocycles. The second-order valence-corrected chi connectivity index (χ2v) is 8.62. The Morgan fingerprint density at radius 2 is 1.54 bits per heavy atom. The Bertz CT molecular complexity index is 628. The van der Waals surface area contributed by atoms with Crippen LogP contribution in [0.3, 0.4) is 0 Å². The van der Waals surface area contributed by atoms with Crippen molar-refractivity contribution < 1.29 is 19.4 Å². The molecular weight excluding hydrogens is 330 g/mol. The van der Waals surface area contributed by atoms with E-state index in [-0.39, 0.29) is 6.04 Å². The van der Waals surface area contributed by atoms with Gasteiger partial charge in [-0.1, -0.05) is 38.1 Å². The summed E-state index contributed by atoms with van der Waals surface area (Å²) >= 11 is 0. The summed E-state index contributed by atoms with van der Waals surface area (Å²) in [6, 6.07) is 7.12. The van der Waals surface area contributed by atoms with E-state index in [9.17, 15) is 14.7 Å². The molecule has 26 heavy (non-hydrogen) atoms. The minimum atomic E-state index is -1.52. The lowest BCUT2D eigenvalue weighted by Gasteiger charge is -2.41. The van der Waals surface area contributed by atoms with Gasteiger partial charge in [-0.2, -0.15) is 0 Å². The largest absolute Gasteiger partial charge is 0.479 e. The molecule has 0 aliphatic rings. The number of amides is 1. The van der Waals surface area contributed by atoms with Crippen molar-refractivity contribution in [2.45, 2.75) is 79.0 Å². The van der Waals surface area contributed by atoms with Crippen molar-refractivity contribution in [2.75, 3.05) is 0 Å². The molecule has 146 valence electrons. The summed E-state index contributed by atoms with van der Waals surface area (Å²) in [5.74, 6) is -0.575. The molecule has 1 aromatic carbocycles. The Hall–Kier alpha value is -2.04. The number of hydrogen-bond donors (Lipinski definition) is 1. The topological polar surface area (TPSA) is 66.8 Å². The molecule has 0 aliphatic heterocycles. The average molecular weight is 363 g/mol. The van der Waals surface area contributed by atoms with Gasteiger partial charge in [-0.15, -0.1) is 0 Å². The average Bonchev–Trinajstić information content (AvgIpc) is 2.44. The fourth-order valence-electron chi connectivity index (χ4n) is 3.02. The summed E-state index contributed by atoms with van der Waals surface area (Å²) in [6.07, 6.45) is 0.285. The Kier molecular flexibility index (Phi) is 6.86. The van der Waals surface area contributed by atoms with Crippen LogP contribution in [0.1, 0.15) is 66.5 Å². The highest BCUT2D eigenvalue weighted by Crippen LogP contribution is 2.33. The molecule has 1 rings (SSSR count). The number of rotatable bonds is 6. The van der Waals surface area contributed by atoms with Crippen LogP contribution in [0.2, 0.25) is 0 Å². The number of nitrogens with zero attached hydrogens (tertiary/aromatic N) is 1. The second-order valence-electron chi connectivity index (χ2n) is 8.62. The van der Waals surface area contributed by atoms with Crippen LogP contribution in [0.4, 0.5) is 4.79 Å². The molecular formula is C21H33NO4. The fraction of sp³-hybridized carbons (Fsp3) is 0.619. The lowest BCUT2D eigenvalue weighted by molar-refractivity contribution is -0.152. The zero-order valence-electron chi connectivity index (χ0n) is 17.3. The van der Waals surface area contributed by atoms with Crippen molar-refractivity contribution in [1.82, 2.24) is 4.90 Å². The Balaban J connectivity index is 3.35. The van der Waals surface area contributed by atoms with Gasteiger partial charge in [0, 0.05) is 6.04 Å². The van der Waals surface area contributed by atoms with Crippen LogP contribution in [-0.4, -0.2) is 33.7 Å². The number of carbonyl (C=O) groups excluding carboxylic acids is 1. The molecule has 5 nitrogen and oxygen atoms in total. The van der Waals surface area contributed by atoms with Crippen LogP contribution in [0.25, 0.3) is 0 Å². The molecule has 0 radical (unpaired) electrons. The van der Waals surface area contributed by atoms with Gasteiger partial charge >= 0.3 is 12.1 Å². The second kappa shape index (κ2) is 8.11. The van der Waals surface area contributed by atoms with E-state index in [0.29, 0.717) is 11.5 Å². The molecule has 1 atom stereocenters. The third-order valence-electron chi connectivity index (χ3n) is 4.16. The molecule has 5 heteroatoms. The number of benzene rings is 1. The summed E-state index contributed by atoms with van der Waals surface area (Å²) in [5.41, 5.74) is -0.528. The molecule has 1 N–H and O–H groups in total. The maximum Gasteiger partial charge on any atom is 0.411 e. The summed E-state index contributed by atoms with van der Waals surface area (Å²) in [6.45, 7) is 14.7. The lowest BCUT2D eigenvalue weighted by atomic mass is 9.88. The first-order valence-corrected chi connectivity index (χ1v) is 9.14. The van der Waals surface area contributed by atoms with Crippen LogP contribution in [0.5, 0.6) is 0 Å². The highest BCUT2D eigenvalue weighted by molar-refractivity contribution is 5.85. The van der Waals surface area contributed by atoms with E-state index in [2.05, 4.69) is 13.8 Å². The van der Waals surface area contributed by atoms with Crippen LogP contribution in [0, 0.1) is 5.92 Å². The Morgan fingerprint density at radius 3 is 1.88 bits per heavy atom. The van der Waals surface area contributed by atoms with E-state index in [0.717, 1.165) is 12.0 Å². The predicted octanol–water partition coefficient (Wildman–Crippen LogP) is 4.83. The number of carbonyl (C=O) groups is 2. The quantitative estimate of drug-likeness (QED) is 0.786. The number of carboxylic acid groups (broad SMARTS) is 1. The molecule has 0 saturated carbocycles. The first kappa shape index (κ1) is 22.0. The molecule has 0 bridgehead atoms. The van der Waals surface area contributed by atoms with Crippen LogP contribution < -0.4 is 0 Å². The third-order valence-corrected chi connectivity index (χ3v) is 4.16. The van der Waals surface area contributed by atoms with E-state index in [1.807, 2.05) is 12.1 Å². The van der Waals surface area contributed by atoms with Gasteiger partial charge in [0.1, 0.15) is 5.60 Å². The standard InChI is InChI=1S/C21H33NO4/c1-14(2)13-16-9-11-17(12-10-16)21(8,18(23)24)22(15(3)4)19(25)26-20(5,6)7/h9-12,14-15H,13H2,1-8H3,(H,23,24). The lowest BCUT2D eigenvalue weighted by Crippen LogP contribution is -2.56. The first-order valence-electron chi connectivity index (χ1n) is 9.14. The predicted molar refractivity (Wildman–Crippen MR) is 103 cm³/mol. The Morgan fingerprint density at radius 1 is 1.04 bits per heavy atom. The molecule has 0 heterocycles. The number of carboxylic acids is 1. The van der Waals surface area contributed by atoms with Gasteiger partial charge in [-0.3, -0.25) is 4.90 Å². The van der Waals surface area contributed by atoms with Gasteiger partial charge in [-0.05, 0) is 65.0 Å². The van der Waals surface area contributed by atoms with Crippen LogP contribution in [-0.2, 0) is 21.5 Å². The molecule has 0 fully saturated rings. The van der Waals surface area contributed by atoms with Gasteiger partial charge in [0.25, 0.3) is 0 Å². The van der Waals surface area contributed by atoms with Crippen molar-refractivity contribution in [2.24, 2.45) is 5.92 Å². The monoisotopic (exact) mass is 363 g/mol. The highest BCUT2D eigenvalue weighted by atomic mass is 16.6. The third kappa shape index (κ3) is 5.23. The minimum absolute atomic E-state index is 0.346. The van der Waals surface area contributed by atoms with Crippen molar-refractivity contribution >= 4 is 12.1 Å². The minimum Gasteiger partial charge on any atom is -0.479 e. The summed E-state index contributed by atoms with van der Waals surface area (Å²) in [7, 11) is 0. The van der Waals surface area contributed by atoms with Crippen molar-refractivity contribution in [3.63, 3.8) is 0 Å². The molecule has 1 aromatic rings. The number of hydrogen-bond acceptors (Lipinski definition) is 3. The first-order chi connectivity index (χ1) is 11.8. The van der Waals surface area contributed by atoms with Gasteiger partial charge in [0.2, 0.25) is 0 Å². The van der Waals surface area contributed by atoms with E-state index in [4.69, 9.17) is 4.74 Å². The summed E-state index contributed by atoms with van der Waals surface area (Å²) in [5, 5.41) is 10.0. The maximum atomic E-state index is 12.8. The smallest absolute Gasteiger partial charge is 0.411 e. The number of ether oxygens (including phenoxy) is 1. The molecule has 0 spiro atoms. The molecule has 0 aliphatic carbocycles. The molecule has 1 unspecified atom stereocenters. The van der Waals surface area contributed by atoms with Crippen LogP contribution in [0.15, 0.2) is 24.3 Å². The summed E-state index contributed by atoms with van der Waals surface area (Å²) in [4.78, 5) is 26.3. The van der Waals surface area contributed by atoms with E-state index in [1.54, 1.807) is 53.7 Å². The van der Waals surface area contributed by atoms with E-state index >= 15 is 0 Å². The van der Waals surface area contributed by atoms with Crippen LogP contribution >= 0.6 is 0 Å². The SMILES string of the molecule is CC(C)Cc1ccc(C(C)(C(=O)O)N(C(=O)OC(C)(C)C)C(C)C)cc1. The molecule has 0 aromatic heterocycles. The van der Waals surface area contributed by atoms with Crippen molar-refractivity contribution in [3.05, 3.63) is 35.4 Å². The van der Waals surface area contributed by atoms with Gasteiger partial charge in [0.15, 0.2) is 5.54 Å². The van der Waals surface area contributed by atoms with Crippen molar-refractivity contribution in [1.29, 1.82) is 0 Å². The highest BCUT2D eigenvalue weighted by Gasteiger charge is 2.47. The summed E-state index contributed by atoms with van der Waals surface area (Å²) < 4.78 is 5.48. The van der Waals surface area contributed by atoms with Crippen molar-refractivity contribution in [3.8, 4) is 0 Å². The van der Waals surface area contributed by atoms with Gasteiger partial charge in [-0.25, -0.2) is 9.59 Å². The maximum absolute atomic E-state index is 12.8. The normalized spacial score (nSPS) is 14.2.